The first-order valence-electron chi connectivity index (χ1n) is 6.39. The van der Waals surface area contributed by atoms with Gasteiger partial charge >= 0.3 is 6.01 Å². The van der Waals surface area contributed by atoms with Gasteiger partial charge in [-0.1, -0.05) is 25.4 Å². The number of piperidine rings is 1. The first-order chi connectivity index (χ1) is 8.17. The average molecular weight is 238 g/mol. The summed E-state index contributed by atoms with van der Waals surface area (Å²) < 4.78 is 5.61. The van der Waals surface area contributed by atoms with Crippen molar-refractivity contribution in [2.24, 2.45) is 5.41 Å². The second-order valence-electron chi connectivity index (χ2n) is 5.16. The van der Waals surface area contributed by atoms with Crippen molar-refractivity contribution in [3.8, 4) is 0 Å². The van der Waals surface area contributed by atoms with Gasteiger partial charge in [-0.2, -0.15) is 0 Å². The van der Waals surface area contributed by atoms with Crippen LogP contribution in [0.25, 0.3) is 0 Å². The Balaban J connectivity index is 1.95. The lowest BCUT2D eigenvalue weighted by Gasteiger charge is -2.37. The Bertz CT molecular complexity index is 355. The van der Waals surface area contributed by atoms with Crippen LogP contribution in [0.5, 0.6) is 0 Å². The number of anilines is 1. The smallest absolute Gasteiger partial charge is 0.318 e. The molecule has 2 rings (SSSR count). The van der Waals surface area contributed by atoms with Gasteiger partial charge in [0, 0.05) is 13.1 Å². The van der Waals surface area contributed by atoms with Crippen molar-refractivity contribution in [3.63, 3.8) is 0 Å². The second-order valence-corrected chi connectivity index (χ2v) is 5.16. The molecule has 1 aromatic heterocycles. The molecule has 0 aliphatic carbocycles. The van der Waals surface area contributed by atoms with Crippen LogP contribution < -0.4 is 10.2 Å². The van der Waals surface area contributed by atoms with Crippen molar-refractivity contribution < 1.29 is 4.42 Å². The van der Waals surface area contributed by atoms with E-state index >= 15 is 0 Å². The van der Waals surface area contributed by atoms with Gasteiger partial charge < -0.3 is 14.6 Å². The van der Waals surface area contributed by atoms with E-state index in [0.717, 1.165) is 13.1 Å². The highest BCUT2D eigenvalue weighted by Gasteiger charge is 2.30. The number of rotatable bonds is 4. The molecule has 1 aliphatic rings. The summed E-state index contributed by atoms with van der Waals surface area (Å²) in [5.41, 5.74) is 0.490. The molecule has 0 saturated carbocycles. The van der Waals surface area contributed by atoms with Crippen LogP contribution >= 0.6 is 0 Å². The molecule has 0 amide bonds. The summed E-state index contributed by atoms with van der Waals surface area (Å²) in [5.74, 6) is 0.659. The van der Waals surface area contributed by atoms with Crippen LogP contribution in [0, 0.1) is 5.41 Å². The summed E-state index contributed by atoms with van der Waals surface area (Å²) in [6.07, 6.45) is 3.65. The Morgan fingerprint density at radius 1 is 1.35 bits per heavy atom. The molecule has 0 spiro atoms. The molecule has 1 saturated heterocycles. The van der Waals surface area contributed by atoms with E-state index in [-0.39, 0.29) is 0 Å². The molecular formula is C12H22N4O. The van der Waals surface area contributed by atoms with Crippen molar-refractivity contribution in [1.29, 1.82) is 0 Å². The maximum absolute atomic E-state index is 5.61. The topological polar surface area (TPSA) is 54.2 Å². The number of nitrogens with zero attached hydrogens (tertiary/aromatic N) is 3. The van der Waals surface area contributed by atoms with Crippen LogP contribution in [0.1, 0.15) is 39.0 Å². The molecule has 5 heteroatoms. The fourth-order valence-corrected chi connectivity index (χ4v) is 2.19. The second kappa shape index (κ2) is 5.04. The van der Waals surface area contributed by atoms with Crippen LogP contribution in [0.15, 0.2) is 4.42 Å². The van der Waals surface area contributed by atoms with Crippen molar-refractivity contribution in [2.75, 3.05) is 25.0 Å². The van der Waals surface area contributed by atoms with Crippen molar-refractivity contribution >= 4 is 6.01 Å². The summed E-state index contributed by atoms with van der Waals surface area (Å²) in [6, 6.07) is 0.674. The fourth-order valence-electron chi connectivity index (χ4n) is 2.19. The number of hydrogen-bond donors (Lipinski definition) is 1. The van der Waals surface area contributed by atoms with Crippen LogP contribution in [-0.4, -0.2) is 30.3 Å². The number of aromatic nitrogens is 2. The molecule has 1 N–H and O–H groups in total. The predicted molar refractivity (Wildman–Crippen MR) is 66.9 cm³/mol. The lowest BCUT2D eigenvalue weighted by Crippen LogP contribution is -2.38. The van der Waals surface area contributed by atoms with E-state index in [0.29, 0.717) is 23.9 Å². The van der Waals surface area contributed by atoms with Gasteiger partial charge in [0.05, 0.1) is 6.54 Å². The van der Waals surface area contributed by atoms with Crippen molar-refractivity contribution in [1.82, 2.24) is 15.5 Å². The zero-order chi connectivity index (χ0) is 12.3. The number of nitrogens with one attached hydrogen (secondary N) is 1. The average Bonchev–Trinajstić information content (AvgIpc) is 2.79. The van der Waals surface area contributed by atoms with E-state index in [2.05, 4.69) is 34.3 Å². The van der Waals surface area contributed by atoms with Gasteiger partial charge in [-0.05, 0) is 25.3 Å². The molecule has 5 nitrogen and oxygen atoms in total. The zero-order valence-corrected chi connectivity index (χ0v) is 11.0. The van der Waals surface area contributed by atoms with Crippen molar-refractivity contribution in [2.45, 2.75) is 39.7 Å². The maximum Gasteiger partial charge on any atom is 0.318 e. The van der Waals surface area contributed by atoms with E-state index in [9.17, 15) is 0 Å². The monoisotopic (exact) mass is 238 g/mol. The van der Waals surface area contributed by atoms with Gasteiger partial charge in [0.2, 0.25) is 5.89 Å². The molecule has 0 aromatic carbocycles. The van der Waals surface area contributed by atoms with Gasteiger partial charge in [-0.15, -0.1) is 5.10 Å². The largest absolute Gasteiger partial charge is 0.407 e. The normalized spacial score (nSPS) is 19.6. The van der Waals surface area contributed by atoms with E-state index in [1.165, 1.54) is 19.3 Å². The molecule has 96 valence electrons. The van der Waals surface area contributed by atoms with Gasteiger partial charge in [-0.3, -0.25) is 0 Å². The van der Waals surface area contributed by atoms with Crippen LogP contribution in [0.3, 0.4) is 0 Å². The Hall–Kier alpha value is -1.10. The molecule has 1 aliphatic heterocycles. The Kier molecular flexibility index (Phi) is 3.66. The minimum absolute atomic E-state index is 0.490. The number of hydrogen-bond acceptors (Lipinski definition) is 5. The Morgan fingerprint density at radius 3 is 2.65 bits per heavy atom. The van der Waals surface area contributed by atoms with Gasteiger partial charge in [0.1, 0.15) is 0 Å². The van der Waals surface area contributed by atoms with E-state index in [4.69, 9.17) is 4.42 Å². The Morgan fingerprint density at radius 2 is 2.06 bits per heavy atom. The highest BCUT2D eigenvalue weighted by Crippen LogP contribution is 2.35. The molecule has 0 unspecified atom stereocenters. The molecule has 17 heavy (non-hydrogen) atoms. The van der Waals surface area contributed by atoms with Gasteiger partial charge in [0.15, 0.2) is 0 Å². The summed E-state index contributed by atoms with van der Waals surface area (Å²) in [7, 11) is 1.87. The van der Waals surface area contributed by atoms with Gasteiger partial charge in [0.25, 0.3) is 0 Å². The molecule has 1 aromatic rings. The quantitative estimate of drug-likeness (QED) is 0.867. The van der Waals surface area contributed by atoms with E-state index in [1.54, 1.807) is 0 Å². The SMILES string of the molecule is CCC1(C)CCN(c2nnc(CNC)o2)CC1. The molecule has 0 bridgehead atoms. The van der Waals surface area contributed by atoms with Crippen molar-refractivity contribution in [3.05, 3.63) is 5.89 Å². The lowest BCUT2D eigenvalue weighted by atomic mass is 9.78. The molecule has 1 fully saturated rings. The van der Waals surface area contributed by atoms with E-state index in [1.807, 2.05) is 7.05 Å². The van der Waals surface area contributed by atoms with E-state index < -0.39 is 0 Å². The molecule has 2 heterocycles. The molecule has 0 atom stereocenters. The first kappa shape index (κ1) is 12.4. The fraction of sp³-hybridized carbons (Fsp3) is 0.833. The summed E-state index contributed by atoms with van der Waals surface area (Å²) in [5, 5.41) is 11.1. The van der Waals surface area contributed by atoms with Gasteiger partial charge in [-0.25, -0.2) is 0 Å². The third-order valence-electron chi connectivity index (χ3n) is 3.88. The minimum Gasteiger partial charge on any atom is -0.407 e. The summed E-state index contributed by atoms with van der Waals surface area (Å²) in [4.78, 5) is 2.20. The zero-order valence-electron chi connectivity index (χ0n) is 11.0. The first-order valence-corrected chi connectivity index (χ1v) is 6.39. The maximum atomic E-state index is 5.61. The standard InChI is InChI=1S/C12H22N4O/c1-4-12(2)5-7-16(8-6-12)11-15-14-10(17-11)9-13-3/h13H,4-9H2,1-3H3. The lowest BCUT2D eigenvalue weighted by molar-refractivity contribution is 0.233. The third kappa shape index (κ3) is 2.77. The summed E-state index contributed by atoms with van der Waals surface area (Å²) in [6.45, 7) is 7.31. The third-order valence-corrected chi connectivity index (χ3v) is 3.88. The predicted octanol–water partition coefficient (Wildman–Crippen LogP) is 1.81. The minimum atomic E-state index is 0.490. The Labute approximate surface area is 103 Å². The van der Waals surface area contributed by atoms with Crippen LogP contribution in [0.2, 0.25) is 0 Å². The van der Waals surface area contributed by atoms with Crippen LogP contribution in [-0.2, 0) is 6.54 Å². The summed E-state index contributed by atoms with van der Waals surface area (Å²) >= 11 is 0. The molecule has 0 radical (unpaired) electrons. The molecular weight excluding hydrogens is 216 g/mol. The highest BCUT2D eigenvalue weighted by molar-refractivity contribution is 5.25. The highest BCUT2D eigenvalue weighted by atomic mass is 16.4. The van der Waals surface area contributed by atoms with Crippen LogP contribution in [0.4, 0.5) is 6.01 Å².